The Morgan fingerprint density at radius 3 is 2.48 bits per heavy atom. The van der Waals surface area contributed by atoms with Crippen molar-refractivity contribution in [1.29, 1.82) is 0 Å². The van der Waals surface area contributed by atoms with Crippen molar-refractivity contribution in [3.8, 4) is 28.9 Å². The molecule has 0 aliphatic heterocycles. The van der Waals surface area contributed by atoms with E-state index in [0.717, 1.165) is 0 Å². The number of halogens is 1. The lowest BCUT2D eigenvalue weighted by Crippen LogP contribution is -2.16. The molecule has 0 unspecified atom stereocenters. The van der Waals surface area contributed by atoms with E-state index in [9.17, 15) is 4.79 Å². The zero-order valence-corrected chi connectivity index (χ0v) is 14.5. The molecule has 134 valence electrons. The van der Waals surface area contributed by atoms with Crippen molar-refractivity contribution in [1.82, 2.24) is 20.2 Å². The maximum Gasteiger partial charge on any atom is 0.409 e. The Labute approximate surface area is 157 Å². The first-order valence-corrected chi connectivity index (χ1v) is 8.19. The predicted octanol–water partition coefficient (Wildman–Crippen LogP) is 3.92. The highest BCUT2D eigenvalue weighted by Crippen LogP contribution is 2.25. The minimum absolute atomic E-state index is 0.322. The second kappa shape index (κ2) is 6.93. The van der Waals surface area contributed by atoms with Crippen molar-refractivity contribution >= 4 is 28.7 Å². The molecular formula is C18H12ClN5O3. The number of rotatable bonds is 4. The zero-order chi connectivity index (χ0) is 18.8. The van der Waals surface area contributed by atoms with Crippen molar-refractivity contribution in [2.24, 2.45) is 5.73 Å². The Hall–Kier alpha value is -3.65. The van der Waals surface area contributed by atoms with Gasteiger partial charge in [-0.05, 0) is 42.5 Å². The van der Waals surface area contributed by atoms with Crippen LogP contribution in [0.25, 0.3) is 22.6 Å². The molecule has 8 nitrogen and oxygen atoms in total. The Kier molecular flexibility index (Phi) is 4.31. The summed E-state index contributed by atoms with van der Waals surface area (Å²) in [4.78, 5) is 18.4. The Morgan fingerprint density at radius 2 is 1.78 bits per heavy atom. The maximum absolute atomic E-state index is 10.8. The van der Waals surface area contributed by atoms with Gasteiger partial charge in [-0.3, -0.25) is 0 Å². The van der Waals surface area contributed by atoms with Gasteiger partial charge in [0.1, 0.15) is 17.2 Å². The van der Waals surface area contributed by atoms with Crippen molar-refractivity contribution in [3.05, 3.63) is 59.6 Å². The van der Waals surface area contributed by atoms with Crippen LogP contribution in [0.1, 0.15) is 0 Å². The van der Waals surface area contributed by atoms with Gasteiger partial charge in [-0.15, -0.1) is 10.2 Å². The van der Waals surface area contributed by atoms with Crippen molar-refractivity contribution in [2.75, 3.05) is 0 Å². The molecule has 4 rings (SSSR count). The molecule has 3 N–H and O–H groups in total. The number of fused-ring (bicyclic) bond motifs is 1. The summed E-state index contributed by atoms with van der Waals surface area (Å²) in [5.74, 6) is 1.79. The van der Waals surface area contributed by atoms with Crippen LogP contribution >= 0.6 is 11.6 Å². The summed E-state index contributed by atoms with van der Waals surface area (Å²) < 4.78 is 10.5. The quantitative estimate of drug-likeness (QED) is 0.553. The van der Waals surface area contributed by atoms with Gasteiger partial charge < -0.3 is 20.2 Å². The standard InChI is InChI=1S/C18H12ClN5O3/c19-10-1-3-11(4-2-10)26-16-8-7-14(23-24-16)17-21-13-6-5-12(27-18(20)25)9-15(13)22-17/h1-9H,(H2,20,25)(H,21,22). The van der Waals surface area contributed by atoms with E-state index in [0.29, 0.717) is 45.0 Å². The van der Waals surface area contributed by atoms with Crippen LogP contribution in [0.15, 0.2) is 54.6 Å². The Morgan fingerprint density at radius 1 is 1.00 bits per heavy atom. The second-order valence-corrected chi connectivity index (χ2v) is 5.93. The number of primary amides is 1. The molecule has 0 saturated heterocycles. The van der Waals surface area contributed by atoms with Crippen LogP contribution in [0, 0.1) is 0 Å². The number of nitrogens with one attached hydrogen (secondary N) is 1. The Bertz CT molecular complexity index is 1110. The van der Waals surface area contributed by atoms with Gasteiger partial charge in [0.25, 0.3) is 0 Å². The van der Waals surface area contributed by atoms with Gasteiger partial charge in [0.05, 0.1) is 11.0 Å². The first-order chi connectivity index (χ1) is 13.1. The molecule has 0 saturated carbocycles. The second-order valence-electron chi connectivity index (χ2n) is 5.50. The lowest BCUT2D eigenvalue weighted by atomic mass is 10.3. The largest absolute Gasteiger partial charge is 0.438 e. The molecule has 0 radical (unpaired) electrons. The van der Waals surface area contributed by atoms with Crippen LogP contribution in [0.4, 0.5) is 4.79 Å². The normalized spacial score (nSPS) is 10.7. The van der Waals surface area contributed by atoms with Gasteiger partial charge in [-0.2, -0.15) is 0 Å². The van der Waals surface area contributed by atoms with E-state index in [-0.39, 0.29) is 0 Å². The summed E-state index contributed by atoms with van der Waals surface area (Å²) in [7, 11) is 0. The number of hydrogen-bond donors (Lipinski definition) is 2. The molecule has 0 bridgehead atoms. The van der Waals surface area contributed by atoms with Gasteiger partial charge in [-0.25, -0.2) is 9.78 Å². The highest BCUT2D eigenvalue weighted by atomic mass is 35.5. The third-order valence-electron chi connectivity index (χ3n) is 3.59. The highest BCUT2D eigenvalue weighted by Gasteiger charge is 2.10. The molecular weight excluding hydrogens is 370 g/mol. The van der Waals surface area contributed by atoms with Crippen LogP contribution in [-0.4, -0.2) is 26.3 Å². The molecule has 2 aromatic carbocycles. The van der Waals surface area contributed by atoms with Crippen LogP contribution in [0.2, 0.25) is 5.02 Å². The van der Waals surface area contributed by atoms with Crippen LogP contribution in [0.5, 0.6) is 17.4 Å². The molecule has 9 heteroatoms. The number of imidazole rings is 1. The number of nitrogens with zero attached hydrogens (tertiary/aromatic N) is 3. The fourth-order valence-electron chi connectivity index (χ4n) is 2.41. The SMILES string of the molecule is NC(=O)Oc1ccc2nc(-c3ccc(Oc4ccc(Cl)cc4)nn3)[nH]c2c1. The van der Waals surface area contributed by atoms with E-state index in [1.54, 1.807) is 54.6 Å². The minimum atomic E-state index is -0.878. The van der Waals surface area contributed by atoms with Gasteiger partial charge in [-0.1, -0.05) is 11.6 Å². The average molecular weight is 382 g/mol. The molecule has 0 spiro atoms. The summed E-state index contributed by atoms with van der Waals surface area (Å²) >= 11 is 5.85. The van der Waals surface area contributed by atoms with E-state index in [4.69, 9.17) is 26.8 Å². The van der Waals surface area contributed by atoms with Crippen LogP contribution in [0.3, 0.4) is 0 Å². The first-order valence-electron chi connectivity index (χ1n) is 7.81. The van der Waals surface area contributed by atoms with Gasteiger partial charge in [0, 0.05) is 17.2 Å². The fourth-order valence-corrected chi connectivity index (χ4v) is 2.54. The number of nitrogens with two attached hydrogens (primary N) is 1. The molecule has 2 aromatic heterocycles. The van der Waals surface area contributed by atoms with Gasteiger partial charge in [0.15, 0.2) is 5.82 Å². The monoisotopic (exact) mass is 381 g/mol. The Balaban J connectivity index is 1.56. The van der Waals surface area contributed by atoms with Crippen molar-refractivity contribution in [3.63, 3.8) is 0 Å². The highest BCUT2D eigenvalue weighted by molar-refractivity contribution is 6.30. The number of amides is 1. The van der Waals surface area contributed by atoms with E-state index in [1.807, 2.05) is 0 Å². The van der Waals surface area contributed by atoms with Crippen molar-refractivity contribution in [2.45, 2.75) is 0 Å². The van der Waals surface area contributed by atoms with E-state index in [1.165, 1.54) is 0 Å². The smallest absolute Gasteiger partial charge is 0.409 e. The number of benzene rings is 2. The molecule has 0 atom stereocenters. The van der Waals surface area contributed by atoms with Crippen LogP contribution < -0.4 is 15.2 Å². The third kappa shape index (κ3) is 3.80. The number of hydrogen-bond acceptors (Lipinski definition) is 6. The predicted molar refractivity (Wildman–Crippen MR) is 98.9 cm³/mol. The summed E-state index contributed by atoms with van der Waals surface area (Å²) in [6.07, 6.45) is -0.878. The number of H-pyrrole nitrogens is 1. The lowest BCUT2D eigenvalue weighted by molar-refractivity contribution is 0.211. The lowest BCUT2D eigenvalue weighted by Gasteiger charge is -2.04. The topological polar surface area (TPSA) is 116 Å². The molecule has 1 amide bonds. The van der Waals surface area contributed by atoms with Gasteiger partial charge >= 0.3 is 6.09 Å². The maximum atomic E-state index is 10.8. The molecule has 0 aliphatic rings. The van der Waals surface area contributed by atoms with E-state index in [2.05, 4.69) is 20.2 Å². The molecule has 2 heterocycles. The molecule has 4 aromatic rings. The number of carbonyl (C=O) groups is 1. The fraction of sp³-hybridized carbons (Fsp3) is 0. The summed E-state index contributed by atoms with van der Waals surface area (Å²) in [6.45, 7) is 0. The average Bonchev–Trinajstić information content (AvgIpc) is 3.07. The molecule has 0 aliphatic carbocycles. The van der Waals surface area contributed by atoms with Crippen LogP contribution in [-0.2, 0) is 0 Å². The van der Waals surface area contributed by atoms with E-state index < -0.39 is 6.09 Å². The number of aromatic amines is 1. The molecule has 0 fully saturated rings. The van der Waals surface area contributed by atoms with E-state index >= 15 is 0 Å². The summed E-state index contributed by atoms with van der Waals surface area (Å²) in [6, 6.07) is 15.3. The van der Waals surface area contributed by atoms with Crippen molar-refractivity contribution < 1.29 is 14.3 Å². The molecule has 27 heavy (non-hydrogen) atoms. The summed E-state index contributed by atoms with van der Waals surface area (Å²) in [5.41, 5.74) is 6.91. The number of ether oxygens (including phenoxy) is 2. The minimum Gasteiger partial charge on any atom is -0.438 e. The number of aromatic nitrogens is 4. The van der Waals surface area contributed by atoms with Gasteiger partial charge in [0.2, 0.25) is 5.88 Å². The summed E-state index contributed by atoms with van der Waals surface area (Å²) in [5, 5.41) is 8.80. The first kappa shape index (κ1) is 16.8. The number of carbonyl (C=O) groups excluding carboxylic acids is 1. The zero-order valence-electron chi connectivity index (χ0n) is 13.7. The third-order valence-corrected chi connectivity index (χ3v) is 3.84.